The van der Waals surface area contributed by atoms with Crippen LogP contribution in [-0.2, 0) is 16.1 Å². The zero-order valence-electron chi connectivity index (χ0n) is 15.7. The van der Waals surface area contributed by atoms with Crippen molar-refractivity contribution in [2.24, 2.45) is 0 Å². The number of carbonyl (C=O) groups is 2. The van der Waals surface area contributed by atoms with Gasteiger partial charge in [0.15, 0.2) is 0 Å². The van der Waals surface area contributed by atoms with Crippen molar-refractivity contribution in [1.82, 2.24) is 15.1 Å². The largest absolute Gasteiger partial charge is 0.380 e. The molecule has 2 rings (SSSR count). The molecule has 0 bridgehead atoms. The van der Waals surface area contributed by atoms with Crippen LogP contribution in [0, 0.1) is 13.8 Å². The Morgan fingerprint density at radius 3 is 2.64 bits per heavy atom. The summed E-state index contributed by atoms with van der Waals surface area (Å²) in [6.45, 7) is 8.45. The first-order valence-electron chi connectivity index (χ1n) is 8.84. The molecule has 0 aromatic heterocycles. The van der Waals surface area contributed by atoms with E-state index in [1.54, 1.807) is 12.0 Å². The molecule has 1 aliphatic rings. The number of nitrogens with one attached hydrogen (secondary N) is 1. The number of hydrogen-bond acceptors (Lipinski definition) is 3. The van der Waals surface area contributed by atoms with Crippen molar-refractivity contribution in [2.45, 2.75) is 39.8 Å². The fraction of sp³-hybridized carbons (Fsp3) is 0.579. The van der Waals surface area contributed by atoms with Gasteiger partial charge in [0, 0.05) is 33.3 Å². The number of aryl methyl sites for hydroxylation is 2. The summed E-state index contributed by atoms with van der Waals surface area (Å²) in [6.07, 6.45) is 0.838. The minimum Gasteiger partial charge on any atom is -0.380 e. The Morgan fingerprint density at radius 2 is 2.04 bits per heavy atom. The third-order valence-electron chi connectivity index (χ3n) is 4.82. The second-order valence-corrected chi connectivity index (χ2v) is 6.61. The lowest BCUT2D eigenvalue weighted by atomic mass is 10.1. The molecule has 1 unspecified atom stereocenters. The molecule has 1 fully saturated rings. The predicted octanol–water partition coefficient (Wildman–Crippen LogP) is 2.08. The van der Waals surface area contributed by atoms with Crippen molar-refractivity contribution in [2.75, 3.05) is 33.3 Å². The average molecular weight is 347 g/mol. The topological polar surface area (TPSA) is 61.9 Å². The highest BCUT2D eigenvalue weighted by atomic mass is 16.5. The maximum absolute atomic E-state index is 12.4. The van der Waals surface area contributed by atoms with Gasteiger partial charge < -0.3 is 19.9 Å². The Bertz CT molecular complexity index is 614. The van der Waals surface area contributed by atoms with Gasteiger partial charge in [-0.05, 0) is 37.0 Å². The minimum atomic E-state index is -0.199. The van der Waals surface area contributed by atoms with Crippen LogP contribution in [-0.4, -0.2) is 61.1 Å². The SMILES string of the molecule is CCC(CNC(=O)N1CCN(Cc2ccc(C)c(C)c2)C(=O)C1)OC. The van der Waals surface area contributed by atoms with Crippen molar-refractivity contribution in [3.8, 4) is 0 Å². The Labute approximate surface area is 150 Å². The lowest BCUT2D eigenvalue weighted by molar-refractivity contribution is -0.135. The zero-order valence-corrected chi connectivity index (χ0v) is 15.7. The van der Waals surface area contributed by atoms with Gasteiger partial charge in [-0.2, -0.15) is 0 Å². The van der Waals surface area contributed by atoms with Gasteiger partial charge >= 0.3 is 6.03 Å². The van der Waals surface area contributed by atoms with E-state index in [0.29, 0.717) is 26.2 Å². The highest BCUT2D eigenvalue weighted by Gasteiger charge is 2.27. The van der Waals surface area contributed by atoms with E-state index in [1.165, 1.54) is 11.1 Å². The predicted molar refractivity (Wildman–Crippen MR) is 97.4 cm³/mol. The smallest absolute Gasteiger partial charge is 0.318 e. The zero-order chi connectivity index (χ0) is 18.4. The lowest BCUT2D eigenvalue weighted by Crippen LogP contribution is -2.55. The van der Waals surface area contributed by atoms with E-state index in [0.717, 1.165) is 12.0 Å². The van der Waals surface area contributed by atoms with Crippen molar-refractivity contribution in [3.05, 3.63) is 34.9 Å². The Balaban J connectivity index is 1.86. The second kappa shape index (κ2) is 8.85. The molecule has 6 nitrogen and oxygen atoms in total. The van der Waals surface area contributed by atoms with Gasteiger partial charge in [0.2, 0.25) is 5.91 Å². The first-order valence-corrected chi connectivity index (χ1v) is 8.84. The summed E-state index contributed by atoms with van der Waals surface area (Å²) >= 11 is 0. The summed E-state index contributed by atoms with van der Waals surface area (Å²) in [5.41, 5.74) is 3.60. The minimum absolute atomic E-state index is 0.00529. The molecule has 1 saturated heterocycles. The van der Waals surface area contributed by atoms with Crippen molar-refractivity contribution < 1.29 is 14.3 Å². The first-order chi connectivity index (χ1) is 11.9. The molecule has 1 aromatic rings. The van der Waals surface area contributed by atoms with Crippen LogP contribution in [0.1, 0.15) is 30.0 Å². The van der Waals surface area contributed by atoms with E-state index in [-0.39, 0.29) is 24.6 Å². The molecular weight excluding hydrogens is 318 g/mol. The number of urea groups is 1. The van der Waals surface area contributed by atoms with Crippen LogP contribution in [0.15, 0.2) is 18.2 Å². The molecule has 0 aliphatic carbocycles. The summed E-state index contributed by atoms with van der Waals surface area (Å²) in [7, 11) is 1.63. The van der Waals surface area contributed by atoms with Gasteiger partial charge in [-0.25, -0.2) is 4.79 Å². The van der Waals surface area contributed by atoms with E-state index >= 15 is 0 Å². The maximum Gasteiger partial charge on any atom is 0.318 e. The molecule has 1 N–H and O–H groups in total. The van der Waals surface area contributed by atoms with Gasteiger partial charge in [0.25, 0.3) is 0 Å². The Morgan fingerprint density at radius 1 is 1.28 bits per heavy atom. The van der Waals surface area contributed by atoms with E-state index in [1.807, 2.05) is 11.8 Å². The first kappa shape index (κ1) is 19.2. The van der Waals surface area contributed by atoms with Crippen molar-refractivity contribution in [1.29, 1.82) is 0 Å². The van der Waals surface area contributed by atoms with E-state index in [4.69, 9.17) is 4.74 Å². The van der Waals surface area contributed by atoms with Crippen LogP contribution < -0.4 is 5.32 Å². The number of benzene rings is 1. The van der Waals surface area contributed by atoms with Crippen LogP contribution in [0.4, 0.5) is 4.79 Å². The number of piperazine rings is 1. The second-order valence-electron chi connectivity index (χ2n) is 6.61. The average Bonchev–Trinajstić information content (AvgIpc) is 2.60. The highest BCUT2D eigenvalue weighted by Crippen LogP contribution is 2.14. The fourth-order valence-electron chi connectivity index (χ4n) is 2.88. The van der Waals surface area contributed by atoms with E-state index in [2.05, 4.69) is 37.4 Å². The number of methoxy groups -OCH3 is 1. The van der Waals surface area contributed by atoms with Crippen LogP contribution >= 0.6 is 0 Å². The molecule has 1 atom stereocenters. The summed E-state index contributed by atoms with van der Waals surface area (Å²) in [5.74, 6) is -0.0154. The number of amides is 3. The molecule has 0 saturated carbocycles. The number of nitrogens with zero attached hydrogens (tertiary/aromatic N) is 2. The third kappa shape index (κ3) is 5.19. The molecule has 0 spiro atoms. The molecule has 3 amide bonds. The highest BCUT2D eigenvalue weighted by molar-refractivity contribution is 5.85. The fourth-order valence-corrected chi connectivity index (χ4v) is 2.88. The molecule has 1 aromatic carbocycles. The number of rotatable bonds is 6. The monoisotopic (exact) mass is 347 g/mol. The Hall–Kier alpha value is -2.08. The Kier molecular flexibility index (Phi) is 6.82. The van der Waals surface area contributed by atoms with E-state index < -0.39 is 0 Å². The van der Waals surface area contributed by atoms with E-state index in [9.17, 15) is 9.59 Å². The van der Waals surface area contributed by atoms with Crippen LogP contribution in [0.3, 0.4) is 0 Å². The summed E-state index contributed by atoms with van der Waals surface area (Å²) in [6, 6.07) is 6.06. The van der Waals surface area contributed by atoms with Crippen LogP contribution in [0.2, 0.25) is 0 Å². The number of hydrogen-bond donors (Lipinski definition) is 1. The molecule has 6 heteroatoms. The standard InChI is InChI=1S/C19H29N3O3/c1-5-17(25-4)11-20-19(24)22-9-8-21(18(23)13-22)12-16-7-6-14(2)15(3)10-16/h6-7,10,17H,5,8-9,11-13H2,1-4H3,(H,20,24). The van der Waals surface area contributed by atoms with Gasteiger partial charge in [-0.1, -0.05) is 25.1 Å². The molecule has 1 aliphatic heterocycles. The normalized spacial score (nSPS) is 16.1. The van der Waals surface area contributed by atoms with Crippen molar-refractivity contribution in [3.63, 3.8) is 0 Å². The van der Waals surface area contributed by atoms with Crippen LogP contribution in [0.25, 0.3) is 0 Å². The quantitative estimate of drug-likeness (QED) is 0.857. The summed E-state index contributed by atoms with van der Waals surface area (Å²) in [5, 5.41) is 2.84. The molecule has 1 heterocycles. The van der Waals surface area contributed by atoms with Gasteiger partial charge in [-0.3, -0.25) is 4.79 Å². The maximum atomic E-state index is 12.4. The van der Waals surface area contributed by atoms with Gasteiger partial charge in [0.05, 0.1) is 6.10 Å². The summed E-state index contributed by atoms with van der Waals surface area (Å²) < 4.78 is 5.25. The number of ether oxygens (including phenoxy) is 1. The third-order valence-corrected chi connectivity index (χ3v) is 4.82. The van der Waals surface area contributed by atoms with Crippen molar-refractivity contribution >= 4 is 11.9 Å². The molecule has 138 valence electrons. The van der Waals surface area contributed by atoms with Gasteiger partial charge in [0.1, 0.15) is 6.54 Å². The molecule has 0 radical (unpaired) electrons. The molecular formula is C19H29N3O3. The summed E-state index contributed by atoms with van der Waals surface area (Å²) in [4.78, 5) is 28.0. The van der Waals surface area contributed by atoms with Gasteiger partial charge in [-0.15, -0.1) is 0 Å². The number of carbonyl (C=O) groups excluding carboxylic acids is 2. The lowest BCUT2D eigenvalue weighted by Gasteiger charge is -2.34. The molecule has 25 heavy (non-hydrogen) atoms. The van der Waals surface area contributed by atoms with Crippen LogP contribution in [0.5, 0.6) is 0 Å².